The van der Waals surface area contributed by atoms with Gasteiger partial charge in [-0.25, -0.2) is 9.59 Å². The first-order chi connectivity index (χ1) is 9.03. The van der Waals surface area contributed by atoms with Gasteiger partial charge in [0.2, 0.25) is 0 Å². The highest BCUT2D eigenvalue weighted by Crippen LogP contribution is 2.17. The number of hydrogen-bond donors (Lipinski definition) is 2. The van der Waals surface area contributed by atoms with Gasteiger partial charge in [0.05, 0.1) is 18.6 Å². The van der Waals surface area contributed by atoms with E-state index in [2.05, 4.69) is 0 Å². The Morgan fingerprint density at radius 2 is 1.32 bits per heavy atom. The third-order valence-corrected chi connectivity index (χ3v) is 2.32. The van der Waals surface area contributed by atoms with E-state index in [1.165, 1.54) is 24.3 Å². The molecule has 0 bridgehead atoms. The lowest BCUT2D eigenvalue weighted by Crippen LogP contribution is -2.40. The Balaban J connectivity index is 4.49. The standard InChI is InChI=1S/C13H20O6/c1-3-5-11(16)18-9-13(7-14,8-15)10-19-12(17)6-4-2/h3-6,14-15H,7-10H2,1-2H3/b5-3+,6-4+. The summed E-state index contributed by atoms with van der Waals surface area (Å²) >= 11 is 0. The summed E-state index contributed by atoms with van der Waals surface area (Å²) in [5.74, 6) is -1.18. The van der Waals surface area contributed by atoms with Gasteiger partial charge in [0.15, 0.2) is 0 Å². The SMILES string of the molecule is C/C=C/C(=O)OCC(CO)(CO)COC(=O)/C=C/C. The average molecular weight is 272 g/mol. The number of ether oxygens (including phenoxy) is 2. The number of allylic oxidation sites excluding steroid dienone is 2. The normalized spacial score (nSPS) is 12.0. The highest BCUT2D eigenvalue weighted by Gasteiger charge is 2.32. The molecule has 0 spiro atoms. The molecule has 0 heterocycles. The van der Waals surface area contributed by atoms with Crippen molar-refractivity contribution in [2.45, 2.75) is 13.8 Å². The van der Waals surface area contributed by atoms with Crippen LogP contribution in [0.1, 0.15) is 13.8 Å². The van der Waals surface area contributed by atoms with E-state index < -0.39 is 30.6 Å². The summed E-state index contributed by atoms with van der Waals surface area (Å²) < 4.78 is 9.73. The Bertz CT molecular complexity index is 311. The van der Waals surface area contributed by atoms with Crippen molar-refractivity contribution in [2.75, 3.05) is 26.4 Å². The van der Waals surface area contributed by atoms with Crippen molar-refractivity contribution in [2.24, 2.45) is 5.41 Å². The molecule has 0 aromatic carbocycles. The van der Waals surface area contributed by atoms with Crippen LogP contribution in [0.25, 0.3) is 0 Å². The molecule has 0 rings (SSSR count). The Labute approximate surface area is 112 Å². The Kier molecular flexibility index (Phi) is 8.48. The minimum absolute atomic E-state index is 0.244. The summed E-state index contributed by atoms with van der Waals surface area (Å²) in [5.41, 5.74) is -1.20. The number of aliphatic hydroxyl groups excluding tert-OH is 2. The first-order valence-electron chi connectivity index (χ1n) is 5.84. The Morgan fingerprint density at radius 3 is 1.58 bits per heavy atom. The fraction of sp³-hybridized carbons (Fsp3) is 0.538. The van der Waals surface area contributed by atoms with E-state index >= 15 is 0 Å². The predicted octanol–water partition coefficient (Wildman–Crippen LogP) is 0.196. The maximum absolute atomic E-state index is 11.2. The van der Waals surface area contributed by atoms with Crippen LogP contribution < -0.4 is 0 Å². The summed E-state index contributed by atoms with van der Waals surface area (Å²) in [6.45, 7) is 1.88. The highest BCUT2D eigenvalue weighted by atomic mass is 16.5. The van der Waals surface area contributed by atoms with Crippen LogP contribution in [0.15, 0.2) is 24.3 Å². The van der Waals surface area contributed by atoms with E-state index in [1.54, 1.807) is 13.8 Å². The van der Waals surface area contributed by atoms with Gasteiger partial charge < -0.3 is 19.7 Å². The number of hydrogen-bond acceptors (Lipinski definition) is 6. The molecule has 19 heavy (non-hydrogen) atoms. The van der Waals surface area contributed by atoms with Crippen LogP contribution in [0.2, 0.25) is 0 Å². The molecule has 0 aliphatic heterocycles. The van der Waals surface area contributed by atoms with Crippen LogP contribution in [0, 0.1) is 5.41 Å². The molecule has 0 aromatic rings. The van der Waals surface area contributed by atoms with Crippen LogP contribution in [0.3, 0.4) is 0 Å². The molecule has 0 saturated heterocycles. The van der Waals surface area contributed by atoms with E-state index in [0.29, 0.717) is 0 Å². The predicted molar refractivity (Wildman–Crippen MR) is 68.2 cm³/mol. The van der Waals surface area contributed by atoms with Gasteiger partial charge in [0, 0.05) is 12.2 Å². The molecule has 0 aromatic heterocycles. The molecular formula is C13H20O6. The van der Waals surface area contributed by atoms with E-state index in [4.69, 9.17) is 9.47 Å². The van der Waals surface area contributed by atoms with E-state index in [1.807, 2.05) is 0 Å². The second kappa shape index (κ2) is 9.29. The van der Waals surface area contributed by atoms with Gasteiger partial charge in [-0.15, -0.1) is 0 Å². The quantitative estimate of drug-likeness (QED) is 0.484. The van der Waals surface area contributed by atoms with Crippen molar-refractivity contribution in [3.8, 4) is 0 Å². The number of esters is 2. The monoisotopic (exact) mass is 272 g/mol. The zero-order valence-corrected chi connectivity index (χ0v) is 11.2. The van der Waals surface area contributed by atoms with Crippen LogP contribution in [0.4, 0.5) is 0 Å². The van der Waals surface area contributed by atoms with Gasteiger partial charge in [0.25, 0.3) is 0 Å². The maximum atomic E-state index is 11.2. The van der Waals surface area contributed by atoms with Crippen molar-refractivity contribution in [3.63, 3.8) is 0 Å². The number of carbonyl (C=O) groups is 2. The van der Waals surface area contributed by atoms with Crippen LogP contribution in [-0.2, 0) is 19.1 Å². The summed E-state index contributed by atoms with van der Waals surface area (Å²) in [7, 11) is 0. The molecule has 0 fully saturated rings. The zero-order valence-electron chi connectivity index (χ0n) is 11.2. The van der Waals surface area contributed by atoms with Crippen LogP contribution in [-0.4, -0.2) is 48.6 Å². The minimum atomic E-state index is -1.20. The van der Waals surface area contributed by atoms with Gasteiger partial charge in [-0.3, -0.25) is 0 Å². The zero-order chi connectivity index (χ0) is 14.7. The average Bonchev–Trinajstić information content (AvgIpc) is 2.40. The molecule has 0 radical (unpaired) electrons. The van der Waals surface area contributed by atoms with Gasteiger partial charge in [-0.05, 0) is 13.8 Å². The smallest absolute Gasteiger partial charge is 0.330 e. The molecule has 0 aliphatic carbocycles. The maximum Gasteiger partial charge on any atom is 0.330 e. The lowest BCUT2D eigenvalue weighted by atomic mass is 9.92. The van der Waals surface area contributed by atoms with Crippen molar-refractivity contribution in [1.82, 2.24) is 0 Å². The summed E-state index contributed by atoms with van der Waals surface area (Å²) in [5, 5.41) is 18.6. The van der Waals surface area contributed by atoms with Crippen molar-refractivity contribution in [1.29, 1.82) is 0 Å². The number of rotatable bonds is 8. The highest BCUT2D eigenvalue weighted by molar-refractivity contribution is 5.82. The minimum Gasteiger partial charge on any atom is -0.462 e. The molecule has 6 nitrogen and oxygen atoms in total. The van der Waals surface area contributed by atoms with E-state index in [0.717, 1.165) is 0 Å². The molecular weight excluding hydrogens is 252 g/mol. The van der Waals surface area contributed by atoms with Gasteiger partial charge >= 0.3 is 11.9 Å². The van der Waals surface area contributed by atoms with Crippen molar-refractivity contribution < 1.29 is 29.3 Å². The second-order valence-electron chi connectivity index (χ2n) is 4.03. The molecule has 0 amide bonds. The largest absolute Gasteiger partial charge is 0.462 e. The molecule has 2 N–H and O–H groups in total. The topological polar surface area (TPSA) is 93.1 Å². The van der Waals surface area contributed by atoms with Crippen LogP contribution >= 0.6 is 0 Å². The summed E-state index contributed by atoms with van der Waals surface area (Å²) in [6.07, 6.45) is 5.44. The molecule has 6 heteroatoms. The molecule has 108 valence electrons. The van der Waals surface area contributed by atoms with Gasteiger partial charge in [-0.1, -0.05) is 12.2 Å². The Morgan fingerprint density at radius 1 is 0.947 bits per heavy atom. The summed E-state index contributed by atoms with van der Waals surface area (Å²) in [4.78, 5) is 22.3. The second-order valence-corrected chi connectivity index (χ2v) is 4.03. The third kappa shape index (κ3) is 6.73. The molecule has 0 unspecified atom stereocenters. The summed E-state index contributed by atoms with van der Waals surface area (Å²) in [6, 6.07) is 0. The fourth-order valence-electron chi connectivity index (χ4n) is 1.09. The first-order valence-corrected chi connectivity index (χ1v) is 5.84. The lowest BCUT2D eigenvalue weighted by molar-refractivity contribution is -0.152. The van der Waals surface area contributed by atoms with E-state index in [-0.39, 0.29) is 13.2 Å². The molecule has 0 saturated carbocycles. The number of aliphatic hydroxyl groups is 2. The lowest BCUT2D eigenvalue weighted by Gasteiger charge is -2.27. The van der Waals surface area contributed by atoms with Gasteiger partial charge in [0.1, 0.15) is 13.2 Å². The van der Waals surface area contributed by atoms with Gasteiger partial charge in [-0.2, -0.15) is 0 Å². The van der Waals surface area contributed by atoms with Crippen molar-refractivity contribution in [3.05, 3.63) is 24.3 Å². The van der Waals surface area contributed by atoms with Crippen LogP contribution in [0.5, 0.6) is 0 Å². The molecule has 0 atom stereocenters. The number of carbonyl (C=O) groups excluding carboxylic acids is 2. The molecule has 0 aliphatic rings. The van der Waals surface area contributed by atoms with Crippen molar-refractivity contribution >= 4 is 11.9 Å². The fourth-order valence-corrected chi connectivity index (χ4v) is 1.09. The first kappa shape index (κ1) is 17.3. The Hall–Kier alpha value is -1.66. The third-order valence-electron chi connectivity index (χ3n) is 2.32. The van der Waals surface area contributed by atoms with E-state index in [9.17, 15) is 19.8 Å².